The van der Waals surface area contributed by atoms with Crippen molar-refractivity contribution in [1.82, 2.24) is 20.1 Å². The van der Waals surface area contributed by atoms with Crippen molar-refractivity contribution in [3.8, 4) is 5.75 Å². The average Bonchev–Trinajstić information content (AvgIpc) is 3.25. The van der Waals surface area contributed by atoms with Crippen molar-refractivity contribution < 1.29 is 13.9 Å². The maximum Gasteiger partial charge on any atom is 0.236 e. The second-order valence-electron chi connectivity index (χ2n) is 5.49. The van der Waals surface area contributed by atoms with Crippen LogP contribution in [-0.2, 0) is 11.8 Å². The molecule has 1 unspecified atom stereocenters. The standard InChI is InChI=1S/C16H18FN5O2S2/c1-10(24-12-5-3-11(17)4-6-12)14-20-21-16(22(14)2)26-9-13(23)19-15-18-7-8-25-15/h3-6,10H,7-9H2,1-2H3,(H,18,19,23). The summed E-state index contributed by atoms with van der Waals surface area (Å²) >= 11 is 2.83. The normalized spacial score (nSPS) is 14.8. The van der Waals surface area contributed by atoms with Crippen molar-refractivity contribution in [1.29, 1.82) is 0 Å². The van der Waals surface area contributed by atoms with Gasteiger partial charge in [-0.2, -0.15) is 0 Å². The molecule has 0 bridgehead atoms. The van der Waals surface area contributed by atoms with Crippen molar-refractivity contribution in [3.63, 3.8) is 0 Å². The first-order valence-electron chi connectivity index (χ1n) is 7.94. The van der Waals surface area contributed by atoms with Gasteiger partial charge in [-0.1, -0.05) is 23.5 Å². The highest BCUT2D eigenvalue weighted by molar-refractivity contribution is 8.14. The van der Waals surface area contributed by atoms with Gasteiger partial charge in [0.1, 0.15) is 11.6 Å². The molecule has 0 fully saturated rings. The first-order chi connectivity index (χ1) is 12.5. The lowest BCUT2D eigenvalue weighted by molar-refractivity contribution is -0.117. The largest absolute Gasteiger partial charge is 0.483 e. The smallest absolute Gasteiger partial charge is 0.236 e. The number of carbonyl (C=O) groups excluding carboxylic acids is 1. The summed E-state index contributed by atoms with van der Waals surface area (Å²) in [4.78, 5) is 16.1. The predicted octanol–water partition coefficient (Wildman–Crippen LogP) is 2.41. The molecule has 3 rings (SSSR count). The maximum atomic E-state index is 13.0. The molecule has 0 aliphatic carbocycles. The van der Waals surface area contributed by atoms with Gasteiger partial charge in [0.25, 0.3) is 0 Å². The summed E-state index contributed by atoms with van der Waals surface area (Å²) in [6, 6.07) is 5.80. The highest BCUT2D eigenvalue weighted by atomic mass is 32.2. The quantitative estimate of drug-likeness (QED) is 0.757. The Morgan fingerprint density at radius 1 is 1.42 bits per heavy atom. The number of nitrogens with one attached hydrogen (secondary N) is 1. The summed E-state index contributed by atoms with van der Waals surface area (Å²) in [5.41, 5.74) is 0. The highest BCUT2D eigenvalue weighted by Gasteiger charge is 2.18. The summed E-state index contributed by atoms with van der Waals surface area (Å²) in [5, 5.41) is 12.3. The molecule has 2 aromatic rings. The van der Waals surface area contributed by atoms with Crippen LogP contribution in [0.3, 0.4) is 0 Å². The first-order valence-corrected chi connectivity index (χ1v) is 9.91. The molecule has 0 saturated heterocycles. The number of ether oxygens (including phenoxy) is 1. The lowest BCUT2D eigenvalue weighted by atomic mass is 10.3. The fourth-order valence-corrected chi connectivity index (χ4v) is 3.73. The number of halogens is 1. The second-order valence-corrected chi connectivity index (χ2v) is 7.51. The van der Waals surface area contributed by atoms with Gasteiger partial charge in [0.15, 0.2) is 22.3 Å². The summed E-state index contributed by atoms with van der Waals surface area (Å²) in [6.45, 7) is 2.58. The van der Waals surface area contributed by atoms with Crippen LogP contribution in [0.1, 0.15) is 18.9 Å². The van der Waals surface area contributed by atoms with Crippen LogP contribution in [0, 0.1) is 5.82 Å². The molecule has 7 nitrogen and oxygen atoms in total. The number of nitrogens with zero attached hydrogens (tertiary/aromatic N) is 4. The van der Waals surface area contributed by atoms with E-state index in [-0.39, 0.29) is 23.6 Å². The molecule has 138 valence electrons. The molecular formula is C16H18FN5O2S2. The zero-order valence-corrected chi connectivity index (χ0v) is 15.9. The lowest BCUT2D eigenvalue weighted by Gasteiger charge is -2.14. The molecule has 10 heteroatoms. The Labute approximate surface area is 158 Å². The van der Waals surface area contributed by atoms with Crippen molar-refractivity contribution >= 4 is 34.6 Å². The molecule has 1 atom stereocenters. The van der Waals surface area contributed by atoms with E-state index in [0.717, 1.165) is 12.3 Å². The number of thioether (sulfide) groups is 2. The van der Waals surface area contributed by atoms with Crippen LogP contribution in [0.15, 0.2) is 34.4 Å². The van der Waals surface area contributed by atoms with E-state index in [4.69, 9.17) is 4.74 Å². The van der Waals surface area contributed by atoms with Crippen LogP contribution in [-0.4, -0.2) is 43.9 Å². The Morgan fingerprint density at radius 3 is 2.88 bits per heavy atom. The Morgan fingerprint density at radius 2 is 2.19 bits per heavy atom. The summed E-state index contributed by atoms with van der Waals surface area (Å²) in [5.74, 6) is 1.85. The van der Waals surface area contributed by atoms with Crippen molar-refractivity contribution in [3.05, 3.63) is 35.9 Å². The third kappa shape index (κ3) is 4.76. The summed E-state index contributed by atoms with van der Waals surface area (Å²) in [6.07, 6.45) is -0.370. The molecule has 2 heterocycles. The number of aliphatic imine (C=N–C) groups is 1. The highest BCUT2D eigenvalue weighted by Crippen LogP contribution is 2.23. The van der Waals surface area contributed by atoms with Gasteiger partial charge in [-0.3, -0.25) is 9.79 Å². The van der Waals surface area contributed by atoms with Crippen LogP contribution < -0.4 is 10.1 Å². The number of hydrogen-bond donors (Lipinski definition) is 1. The minimum atomic E-state index is -0.370. The van der Waals surface area contributed by atoms with Gasteiger partial charge in [0.2, 0.25) is 5.91 Å². The van der Waals surface area contributed by atoms with Gasteiger partial charge in [-0.05, 0) is 31.2 Å². The van der Waals surface area contributed by atoms with E-state index < -0.39 is 0 Å². The maximum absolute atomic E-state index is 13.0. The molecule has 1 aromatic carbocycles. The molecule has 0 saturated carbocycles. The fraction of sp³-hybridized carbons (Fsp3) is 0.375. The average molecular weight is 395 g/mol. The van der Waals surface area contributed by atoms with Crippen LogP contribution >= 0.6 is 23.5 Å². The van der Waals surface area contributed by atoms with E-state index in [2.05, 4.69) is 20.5 Å². The van der Waals surface area contributed by atoms with Crippen LogP contribution in [0.4, 0.5) is 4.39 Å². The van der Waals surface area contributed by atoms with E-state index in [9.17, 15) is 9.18 Å². The number of amidine groups is 1. The number of amides is 1. The predicted molar refractivity (Wildman–Crippen MR) is 100 cm³/mol. The van der Waals surface area contributed by atoms with E-state index in [0.29, 0.717) is 21.9 Å². The Kier molecular flexibility index (Phi) is 6.15. The molecule has 1 N–H and O–H groups in total. The first kappa shape index (κ1) is 18.7. The zero-order chi connectivity index (χ0) is 18.5. The summed E-state index contributed by atoms with van der Waals surface area (Å²) < 4.78 is 20.5. The van der Waals surface area contributed by atoms with E-state index in [1.165, 1.54) is 23.9 Å². The summed E-state index contributed by atoms with van der Waals surface area (Å²) in [7, 11) is 1.82. The number of rotatable bonds is 6. The molecule has 0 radical (unpaired) electrons. The Bertz CT molecular complexity index is 809. The van der Waals surface area contributed by atoms with E-state index in [1.807, 2.05) is 14.0 Å². The second kappa shape index (κ2) is 8.54. The molecule has 1 aliphatic rings. The van der Waals surface area contributed by atoms with Gasteiger partial charge < -0.3 is 14.6 Å². The number of aromatic nitrogens is 3. The van der Waals surface area contributed by atoms with Gasteiger partial charge in [-0.25, -0.2) is 4.39 Å². The molecule has 1 amide bonds. The minimum Gasteiger partial charge on any atom is -0.483 e. The Hall–Kier alpha value is -2.07. The molecule has 1 aromatic heterocycles. The van der Waals surface area contributed by atoms with Gasteiger partial charge >= 0.3 is 0 Å². The van der Waals surface area contributed by atoms with Gasteiger partial charge in [0.05, 0.1) is 12.3 Å². The third-order valence-electron chi connectivity index (χ3n) is 3.52. The number of benzene rings is 1. The Balaban J connectivity index is 1.56. The third-order valence-corrected chi connectivity index (χ3v) is 5.43. The van der Waals surface area contributed by atoms with Crippen molar-refractivity contribution in [2.45, 2.75) is 18.2 Å². The van der Waals surface area contributed by atoms with Crippen molar-refractivity contribution in [2.24, 2.45) is 12.0 Å². The zero-order valence-electron chi connectivity index (χ0n) is 14.3. The van der Waals surface area contributed by atoms with Crippen LogP contribution in [0.5, 0.6) is 5.75 Å². The van der Waals surface area contributed by atoms with Crippen molar-refractivity contribution in [2.75, 3.05) is 18.1 Å². The van der Waals surface area contributed by atoms with Crippen LogP contribution in [0.25, 0.3) is 0 Å². The van der Waals surface area contributed by atoms with E-state index >= 15 is 0 Å². The lowest BCUT2D eigenvalue weighted by Crippen LogP contribution is -2.29. The number of hydrogen-bond acceptors (Lipinski definition) is 7. The minimum absolute atomic E-state index is 0.122. The topological polar surface area (TPSA) is 81.4 Å². The van der Waals surface area contributed by atoms with Crippen LogP contribution in [0.2, 0.25) is 0 Å². The fourth-order valence-electron chi connectivity index (χ4n) is 2.27. The SMILES string of the molecule is CC(Oc1ccc(F)cc1)c1nnc(SCC(=O)NC2=NCCS2)n1C. The van der Waals surface area contributed by atoms with E-state index in [1.54, 1.807) is 28.5 Å². The molecule has 1 aliphatic heterocycles. The molecule has 26 heavy (non-hydrogen) atoms. The molecular weight excluding hydrogens is 377 g/mol. The number of carbonyl (C=O) groups is 1. The van der Waals surface area contributed by atoms with Gasteiger partial charge in [-0.15, -0.1) is 10.2 Å². The monoisotopic (exact) mass is 395 g/mol. The van der Waals surface area contributed by atoms with Gasteiger partial charge in [0, 0.05) is 12.8 Å². The molecule has 0 spiro atoms.